The van der Waals surface area contributed by atoms with Gasteiger partial charge in [0.2, 0.25) is 5.78 Å². The summed E-state index contributed by atoms with van der Waals surface area (Å²) in [5.74, 6) is -0.221. The topological polar surface area (TPSA) is 132 Å². The van der Waals surface area contributed by atoms with Crippen molar-refractivity contribution in [3.8, 4) is 5.69 Å². The van der Waals surface area contributed by atoms with Crippen molar-refractivity contribution in [2.45, 2.75) is 84.5 Å². The first-order chi connectivity index (χ1) is 23.8. The maximum atomic E-state index is 13.9. The van der Waals surface area contributed by atoms with E-state index in [1.807, 2.05) is 54.1 Å². The molecule has 50 heavy (non-hydrogen) atoms. The number of anilines is 1. The van der Waals surface area contributed by atoms with Crippen LogP contribution < -0.4 is 5.32 Å². The number of esters is 1. The van der Waals surface area contributed by atoms with Crippen LogP contribution in [0.15, 0.2) is 65.3 Å². The number of allylic oxidation sites excluding steroid dienone is 1. The van der Waals surface area contributed by atoms with Crippen LogP contribution >= 0.6 is 0 Å². The highest BCUT2D eigenvalue weighted by Crippen LogP contribution is 2.69. The number of carbonyl (C=O) groups is 3. The van der Waals surface area contributed by atoms with Gasteiger partial charge in [0.1, 0.15) is 6.10 Å². The van der Waals surface area contributed by atoms with Gasteiger partial charge in [-0.05, 0) is 104 Å². The molecule has 4 aliphatic carbocycles. The van der Waals surface area contributed by atoms with Crippen molar-refractivity contribution in [1.29, 1.82) is 0 Å². The maximum Gasteiger partial charge on any atom is 0.303 e. The zero-order valence-corrected chi connectivity index (χ0v) is 29.2. The summed E-state index contributed by atoms with van der Waals surface area (Å²) in [5, 5.41) is 20.2. The molecule has 3 fully saturated rings. The summed E-state index contributed by atoms with van der Waals surface area (Å²) in [6.07, 6.45) is 6.74. The molecule has 1 aliphatic heterocycles. The summed E-state index contributed by atoms with van der Waals surface area (Å²) in [6.45, 7) is 9.07. The number of aromatic nitrogens is 2. The number of para-hydroxylation sites is 1. The number of hydrogen-bond acceptors (Lipinski definition) is 8. The molecule has 8 atom stereocenters. The monoisotopic (exact) mass is 676 g/mol. The van der Waals surface area contributed by atoms with E-state index >= 15 is 0 Å². The summed E-state index contributed by atoms with van der Waals surface area (Å²) in [5.41, 5.74) is 4.31. The SMILES string of the molecule is CC(=O)OCC(=O)[C@@]12N=C(C)O[C@@H]1C[C@H]1[C@@H]3CCC4=Cc5nn(-c6cccc(C(=O)Nc7ccccc7C)c6)cc5C[C@]4(C)[C@H]3[C@@H](O)C[C@@]12C. The van der Waals surface area contributed by atoms with E-state index in [1.54, 1.807) is 13.0 Å². The van der Waals surface area contributed by atoms with Crippen molar-refractivity contribution in [2.24, 2.45) is 33.6 Å². The van der Waals surface area contributed by atoms with E-state index in [9.17, 15) is 19.5 Å². The number of ether oxygens (including phenoxy) is 2. The molecule has 0 unspecified atom stereocenters. The van der Waals surface area contributed by atoms with Crippen LogP contribution in [0.5, 0.6) is 0 Å². The van der Waals surface area contributed by atoms with Crippen molar-refractivity contribution >= 4 is 35.3 Å². The Morgan fingerprint density at radius 3 is 2.70 bits per heavy atom. The molecule has 1 aromatic heterocycles. The van der Waals surface area contributed by atoms with Gasteiger partial charge in [-0.25, -0.2) is 9.67 Å². The van der Waals surface area contributed by atoms with Gasteiger partial charge in [-0.15, -0.1) is 0 Å². The quantitative estimate of drug-likeness (QED) is 0.312. The lowest BCUT2D eigenvalue weighted by molar-refractivity contribution is -0.156. The van der Waals surface area contributed by atoms with Crippen molar-refractivity contribution in [3.05, 3.63) is 82.7 Å². The molecule has 0 radical (unpaired) electrons. The van der Waals surface area contributed by atoms with Crippen LogP contribution in [-0.4, -0.2) is 62.8 Å². The number of benzene rings is 2. The minimum absolute atomic E-state index is 0.0185. The minimum Gasteiger partial charge on any atom is -0.475 e. The Morgan fingerprint density at radius 2 is 1.92 bits per heavy atom. The molecule has 2 N–H and O–H groups in total. The molecule has 260 valence electrons. The molecule has 0 spiro atoms. The van der Waals surface area contributed by atoms with Gasteiger partial charge in [0.25, 0.3) is 5.91 Å². The van der Waals surface area contributed by atoms with Gasteiger partial charge < -0.3 is 19.9 Å². The average Bonchev–Trinajstić information content (AvgIpc) is 3.71. The van der Waals surface area contributed by atoms with Gasteiger partial charge in [-0.1, -0.05) is 43.7 Å². The Labute approximate surface area is 292 Å². The highest BCUT2D eigenvalue weighted by molar-refractivity contribution is 6.05. The Bertz CT molecular complexity index is 2000. The van der Waals surface area contributed by atoms with Crippen LogP contribution in [0.2, 0.25) is 0 Å². The molecule has 10 nitrogen and oxygen atoms in total. The first-order valence-corrected chi connectivity index (χ1v) is 17.7. The summed E-state index contributed by atoms with van der Waals surface area (Å²) in [4.78, 5) is 43.7. The van der Waals surface area contributed by atoms with Gasteiger partial charge in [0.15, 0.2) is 18.0 Å². The normalized spacial score (nSPS) is 33.4. The largest absolute Gasteiger partial charge is 0.475 e. The number of Topliss-reactive ketones (excluding diaryl/α,β-unsaturated/α-hetero) is 1. The Hall–Kier alpha value is -4.57. The third kappa shape index (κ3) is 4.74. The van der Waals surface area contributed by atoms with Crippen LogP contribution in [0.4, 0.5) is 5.69 Å². The predicted octanol–water partition coefficient (Wildman–Crippen LogP) is 5.88. The second-order valence-electron chi connectivity index (χ2n) is 15.5. The number of amides is 1. The zero-order chi connectivity index (χ0) is 35.2. The lowest BCUT2D eigenvalue weighted by Crippen LogP contribution is -2.62. The molecule has 1 amide bonds. The number of nitrogens with one attached hydrogen (secondary N) is 1. The second kappa shape index (κ2) is 11.5. The number of aliphatic imine (C=N–C) groups is 1. The highest BCUT2D eigenvalue weighted by atomic mass is 16.5. The molecule has 3 aromatic rings. The summed E-state index contributed by atoms with van der Waals surface area (Å²) >= 11 is 0. The number of nitrogens with zero attached hydrogens (tertiary/aromatic N) is 3. The van der Waals surface area contributed by atoms with Gasteiger partial charge >= 0.3 is 5.97 Å². The minimum atomic E-state index is -1.19. The summed E-state index contributed by atoms with van der Waals surface area (Å²) < 4.78 is 13.3. The lowest BCUT2D eigenvalue weighted by atomic mass is 9.45. The van der Waals surface area contributed by atoms with Crippen molar-refractivity contribution in [1.82, 2.24) is 9.78 Å². The van der Waals surface area contributed by atoms with Gasteiger partial charge in [0.05, 0.1) is 17.5 Å². The van der Waals surface area contributed by atoms with Crippen molar-refractivity contribution < 1.29 is 29.0 Å². The first-order valence-electron chi connectivity index (χ1n) is 17.7. The number of aliphatic hydroxyl groups excluding tert-OH is 1. The number of fused-ring (bicyclic) bond motifs is 8. The fourth-order valence-electron chi connectivity index (χ4n) is 10.7. The third-order valence-corrected chi connectivity index (χ3v) is 12.8. The molecule has 0 saturated heterocycles. The van der Waals surface area contributed by atoms with E-state index in [4.69, 9.17) is 19.6 Å². The molecule has 3 saturated carbocycles. The number of aryl methyl sites for hydroxylation is 1. The van der Waals surface area contributed by atoms with E-state index in [0.717, 1.165) is 47.5 Å². The lowest BCUT2D eigenvalue weighted by Gasteiger charge is -2.60. The number of ketones is 1. The number of aliphatic hydroxyl groups is 1. The van der Waals surface area contributed by atoms with E-state index in [-0.39, 0.29) is 41.5 Å². The van der Waals surface area contributed by atoms with Crippen LogP contribution in [0, 0.1) is 35.5 Å². The molecular formula is C40H44N4O6. The highest BCUT2D eigenvalue weighted by Gasteiger charge is 2.74. The Morgan fingerprint density at radius 1 is 1.12 bits per heavy atom. The van der Waals surface area contributed by atoms with Crippen molar-refractivity contribution in [2.75, 3.05) is 11.9 Å². The molecular weight excluding hydrogens is 632 g/mol. The molecule has 5 aliphatic rings. The van der Waals surface area contributed by atoms with Crippen LogP contribution in [-0.2, 0) is 25.5 Å². The molecule has 2 heterocycles. The Kier molecular flexibility index (Phi) is 7.49. The fraction of sp³-hybridized carbons (Fsp3) is 0.475. The summed E-state index contributed by atoms with van der Waals surface area (Å²) in [7, 11) is 0. The molecule has 2 aromatic carbocycles. The van der Waals surface area contributed by atoms with Gasteiger partial charge in [-0.3, -0.25) is 14.4 Å². The first kappa shape index (κ1) is 32.6. The molecule has 8 rings (SSSR count). The van der Waals surface area contributed by atoms with E-state index < -0.39 is 29.1 Å². The van der Waals surface area contributed by atoms with Crippen LogP contribution in [0.3, 0.4) is 0 Å². The average molecular weight is 677 g/mol. The third-order valence-electron chi connectivity index (χ3n) is 12.8. The Balaban J connectivity index is 1.07. The molecule has 0 bridgehead atoms. The van der Waals surface area contributed by atoms with E-state index in [2.05, 4.69) is 31.4 Å². The van der Waals surface area contributed by atoms with Crippen LogP contribution in [0.1, 0.15) is 80.6 Å². The number of rotatable bonds is 6. The van der Waals surface area contributed by atoms with E-state index in [0.29, 0.717) is 24.3 Å². The number of carbonyl (C=O) groups excluding carboxylic acids is 3. The maximum absolute atomic E-state index is 13.9. The van der Waals surface area contributed by atoms with Crippen LogP contribution in [0.25, 0.3) is 11.8 Å². The zero-order valence-electron chi connectivity index (χ0n) is 29.2. The smallest absolute Gasteiger partial charge is 0.303 e. The fourth-order valence-corrected chi connectivity index (χ4v) is 10.7. The van der Waals surface area contributed by atoms with Crippen molar-refractivity contribution in [3.63, 3.8) is 0 Å². The van der Waals surface area contributed by atoms with Gasteiger partial charge in [-0.2, -0.15) is 5.10 Å². The number of hydrogen-bond donors (Lipinski definition) is 2. The van der Waals surface area contributed by atoms with E-state index in [1.165, 1.54) is 12.5 Å². The summed E-state index contributed by atoms with van der Waals surface area (Å²) in [6, 6.07) is 15.2. The predicted molar refractivity (Wildman–Crippen MR) is 188 cm³/mol. The second-order valence-corrected chi connectivity index (χ2v) is 15.5. The standard InChI is InChI=1S/C40H44N4O6/c1-22-9-6-7-12-31(22)41-37(48)25-10-8-11-28(15-25)44-20-26-18-38(4)27(16-32(26)43-44)13-14-29-30-17-35-40(42-23(2)50-35,34(47)21-49-24(3)45)39(30,5)19-33(46)36(29)38/h6-12,15-16,20,29-30,33,35-36,46H,13-14,17-19,21H2,1-5H3,(H,41,48)/t29-,30-,33-,35+,36+,38-,39-,40+/m0/s1. The van der Waals surface area contributed by atoms with Gasteiger partial charge in [0, 0.05) is 36.7 Å². The molecule has 10 heteroatoms.